The Morgan fingerprint density at radius 3 is 2.76 bits per heavy atom. The van der Waals surface area contributed by atoms with Crippen LogP contribution in [-0.4, -0.2) is 37.8 Å². The first-order chi connectivity index (χ1) is 16.6. The van der Waals surface area contributed by atoms with E-state index in [9.17, 15) is 9.59 Å². The van der Waals surface area contributed by atoms with Crippen LogP contribution in [0.3, 0.4) is 0 Å². The Bertz CT molecular complexity index is 1520. The van der Waals surface area contributed by atoms with Crippen LogP contribution in [0.5, 0.6) is 5.75 Å². The molecule has 0 unspecified atom stereocenters. The zero-order valence-electron chi connectivity index (χ0n) is 18.4. The van der Waals surface area contributed by atoms with E-state index in [1.54, 1.807) is 25.4 Å². The van der Waals surface area contributed by atoms with E-state index in [1.807, 2.05) is 42.5 Å². The van der Waals surface area contributed by atoms with Gasteiger partial charge in [0, 0.05) is 24.4 Å². The molecule has 0 bridgehead atoms. The Morgan fingerprint density at radius 2 is 1.94 bits per heavy atom. The average Bonchev–Trinajstić information content (AvgIpc) is 3.52. The first-order valence-electron chi connectivity index (χ1n) is 10.7. The number of aromatic nitrogens is 5. The fraction of sp³-hybridized carbons (Fsp3) is 0.120. The highest BCUT2D eigenvalue weighted by atomic mass is 16.5. The summed E-state index contributed by atoms with van der Waals surface area (Å²) in [6, 6.07) is 18.2. The minimum Gasteiger partial charge on any atom is -0.497 e. The Morgan fingerprint density at radius 1 is 1.03 bits per heavy atom. The molecule has 0 aliphatic rings. The molecule has 0 spiro atoms. The molecule has 0 amide bonds. The molecule has 0 saturated heterocycles. The number of methoxy groups -OCH3 is 1. The number of nitrogens with zero attached hydrogens (tertiary/aromatic N) is 2. The SMILES string of the molecule is COc1cccc(CNc2nc(-c3ccc4nc(CC(=O)c5ccc[nH]5)[nH]c4c3)cc(=O)[nH]2)c1. The number of carbonyl (C=O) groups excluding carboxylic acids is 1. The van der Waals surface area contributed by atoms with Gasteiger partial charge in [-0.25, -0.2) is 9.97 Å². The second-order valence-corrected chi connectivity index (χ2v) is 7.78. The number of Topliss-reactive ketones (excluding diaryl/α,β-unsaturated/α-hetero) is 1. The predicted octanol–water partition coefficient (Wildman–Crippen LogP) is 3.69. The summed E-state index contributed by atoms with van der Waals surface area (Å²) in [5.41, 5.74) is 4.06. The van der Waals surface area contributed by atoms with Gasteiger partial charge in [0.2, 0.25) is 5.95 Å². The normalized spacial score (nSPS) is 11.0. The highest BCUT2D eigenvalue weighted by Gasteiger charge is 2.12. The van der Waals surface area contributed by atoms with Crippen molar-refractivity contribution in [1.29, 1.82) is 0 Å². The molecule has 170 valence electrons. The Labute approximate surface area is 194 Å². The molecule has 0 saturated carbocycles. The average molecular weight is 454 g/mol. The van der Waals surface area contributed by atoms with Crippen molar-refractivity contribution < 1.29 is 9.53 Å². The molecular weight excluding hydrogens is 432 g/mol. The molecule has 0 atom stereocenters. The molecule has 3 aromatic heterocycles. The molecule has 2 aromatic carbocycles. The van der Waals surface area contributed by atoms with E-state index in [0.29, 0.717) is 29.7 Å². The summed E-state index contributed by atoms with van der Waals surface area (Å²) >= 11 is 0. The van der Waals surface area contributed by atoms with Gasteiger partial charge in [-0.2, -0.15) is 0 Å². The van der Waals surface area contributed by atoms with Crippen molar-refractivity contribution in [2.45, 2.75) is 13.0 Å². The lowest BCUT2D eigenvalue weighted by atomic mass is 10.1. The Hall–Kier alpha value is -4.66. The zero-order chi connectivity index (χ0) is 23.5. The van der Waals surface area contributed by atoms with Gasteiger partial charge in [-0.3, -0.25) is 14.6 Å². The number of imidazole rings is 1. The number of anilines is 1. The van der Waals surface area contributed by atoms with Gasteiger partial charge in [0.05, 0.1) is 36.0 Å². The maximum atomic E-state index is 12.4. The Balaban J connectivity index is 1.36. The first-order valence-corrected chi connectivity index (χ1v) is 10.7. The number of nitrogens with one attached hydrogen (secondary N) is 4. The lowest BCUT2D eigenvalue weighted by Gasteiger charge is -2.08. The van der Waals surface area contributed by atoms with Gasteiger partial charge in [-0.15, -0.1) is 0 Å². The minimum absolute atomic E-state index is 0.0488. The topological polar surface area (TPSA) is 129 Å². The molecule has 9 heteroatoms. The molecular formula is C25H22N6O3. The van der Waals surface area contributed by atoms with Crippen molar-refractivity contribution >= 4 is 22.8 Å². The highest BCUT2D eigenvalue weighted by molar-refractivity contribution is 5.96. The number of fused-ring (bicyclic) bond motifs is 1. The molecule has 3 heterocycles. The number of ketones is 1. The van der Waals surface area contributed by atoms with Crippen molar-refractivity contribution in [3.8, 4) is 17.0 Å². The van der Waals surface area contributed by atoms with Crippen LogP contribution in [0.2, 0.25) is 0 Å². The van der Waals surface area contributed by atoms with E-state index < -0.39 is 0 Å². The number of benzene rings is 2. The molecule has 34 heavy (non-hydrogen) atoms. The summed E-state index contributed by atoms with van der Waals surface area (Å²) in [6.07, 6.45) is 1.87. The second-order valence-electron chi connectivity index (χ2n) is 7.78. The number of rotatable bonds is 8. The molecule has 9 nitrogen and oxygen atoms in total. The number of carbonyl (C=O) groups is 1. The summed E-state index contributed by atoms with van der Waals surface area (Å²) in [5.74, 6) is 1.65. The maximum absolute atomic E-state index is 12.4. The number of H-pyrrole nitrogens is 3. The smallest absolute Gasteiger partial charge is 0.252 e. The van der Waals surface area contributed by atoms with Gasteiger partial charge < -0.3 is 20.0 Å². The van der Waals surface area contributed by atoms with Gasteiger partial charge >= 0.3 is 0 Å². The van der Waals surface area contributed by atoms with Crippen LogP contribution < -0.4 is 15.6 Å². The predicted molar refractivity (Wildman–Crippen MR) is 129 cm³/mol. The van der Waals surface area contributed by atoms with E-state index in [-0.39, 0.29) is 17.8 Å². The van der Waals surface area contributed by atoms with E-state index in [0.717, 1.165) is 27.9 Å². The van der Waals surface area contributed by atoms with Gasteiger partial charge in [0.25, 0.3) is 5.56 Å². The summed E-state index contributed by atoms with van der Waals surface area (Å²) < 4.78 is 5.25. The fourth-order valence-corrected chi connectivity index (χ4v) is 3.71. The molecule has 4 N–H and O–H groups in total. The second kappa shape index (κ2) is 9.07. The van der Waals surface area contributed by atoms with Gasteiger partial charge in [-0.1, -0.05) is 18.2 Å². The summed E-state index contributed by atoms with van der Waals surface area (Å²) in [4.78, 5) is 42.6. The van der Waals surface area contributed by atoms with Gasteiger partial charge in [-0.05, 0) is 42.0 Å². The lowest BCUT2D eigenvalue weighted by Crippen LogP contribution is -2.12. The van der Waals surface area contributed by atoms with Crippen LogP contribution >= 0.6 is 0 Å². The van der Waals surface area contributed by atoms with E-state index in [2.05, 4.69) is 30.2 Å². The molecule has 0 aliphatic heterocycles. The zero-order valence-corrected chi connectivity index (χ0v) is 18.4. The number of aromatic amines is 3. The standard InChI is InChI=1S/C25H22N6O3/c1-34-17-5-2-4-15(10-17)14-27-25-30-20(12-24(33)31-25)16-7-8-18-21(11-16)29-23(28-18)13-22(32)19-6-3-9-26-19/h2-12,26H,13-14H2,1H3,(H,28,29)(H2,27,30,31,33). The number of ether oxygens (including phenoxy) is 1. The quantitative estimate of drug-likeness (QED) is 0.265. The van der Waals surface area contributed by atoms with Crippen molar-refractivity contribution in [3.63, 3.8) is 0 Å². The van der Waals surface area contributed by atoms with Crippen LogP contribution in [0.25, 0.3) is 22.3 Å². The van der Waals surface area contributed by atoms with Crippen LogP contribution in [0.1, 0.15) is 21.9 Å². The maximum Gasteiger partial charge on any atom is 0.252 e. The lowest BCUT2D eigenvalue weighted by molar-refractivity contribution is 0.0987. The summed E-state index contributed by atoms with van der Waals surface area (Å²) in [5, 5.41) is 3.16. The molecule has 5 rings (SSSR count). The van der Waals surface area contributed by atoms with Crippen molar-refractivity contribution in [1.82, 2.24) is 24.9 Å². The van der Waals surface area contributed by atoms with E-state index in [4.69, 9.17) is 4.74 Å². The summed E-state index contributed by atoms with van der Waals surface area (Å²) in [6.45, 7) is 0.474. The minimum atomic E-state index is -0.264. The Kier molecular flexibility index (Phi) is 5.65. The van der Waals surface area contributed by atoms with Gasteiger partial charge in [0.15, 0.2) is 5.78 Å². The third kappa shape index (κ3) is 4.58. The number of hydrogen-bond acceptors (Lipinski definition) is 6. The van der Waals surface area contributed by atoms with Crippen LogP contribution in [0.4, 0.5) is 5.95 Å². The third-order valence-corrected chi connectivity index (χ3v) is 5.39. The van der Waals surface area contributed by atoms with Crippen molar-refractivity contribution in [3.05, 3.63) is 94.3 Å². The first kappa shape index (κ1) is 21.2. The fourth-order valence-electron chi connectivity index (χ4n) is 3.71. The van der Waals surface area contributed by atoms with E-state index in [1.165, 1.54) is 6.07 Å². The van der Waals surface area contributed by atoms with Crippen LogP contribution in [0, 0.1) is 0 Å². The largest absolute Gasteiger partial charge is 0.497 e. The van der Waals surface area contributed by atoms with Gasteiger partial charge in [0.1, 0.15) is 11.6 Å². The monoisotopic (exact) mass is 454 g/mol. The van der Waals surface area contributed by atoms with Crippen molar-refractivity contribution in [2.24, 2.45) is 0 Å². The molecule has 0 fully saturated rings. The van der Waals surface area contributed by atoms with Crippen LogP contribution in [0.15, 0.2) is 71.7 Å². The number of hydrogen-bond donors (Lipinski definition) is 4. The van der Waals surface area contributed by atoms with E-state index >= 15 is 0 Å². The molecule has 0 aliphatic carbocycles. The van der Waals surface area contributed by atoms with Crippen molar-refractivity contribution in [2.75, 3.05) is 12.4 Å². The van der Waals surface area contributed by atoms with Crippen LogP contribution in [-0.2, 0) is 13.0 Å². The third-order valence-electron chi connectivity index (χ3n) is 5.39. The molecule has 0 radical (unpaired) electrons. The highest BCUT2D eigenvalue weighted by Crippen LogP contribution is 2.22. The summed E-state index contributed by atoms with van der Waals surface area (Å²) in [7, 11) is 1.62. The molecule has 5 aromatic rings.